The smallest absolute Gasteiger partial charge is 0.267 e. The number of rotatable bonds is 9. The van der Waals surface area contributed by atoms with E-state index in [1.165, 1.54) is 25.0 Å². The highest BCUT2D eigenvalue weighted by molar-refractivity contribution is 7.89. The van der Waals surface area contributed by atoms with E-state index < -0.39 is 21.7 Å². The summed E-state index contributed by atoms with van der Waals surface area (Å²) in [5.41, 5.74) is 2.62. The van der Waals surface area contributed by atoms with Crippen molar-refractivity contribution in [3.05, 3.63) is 57.6 Å². The highest BCUT2D eigenvalue weighted by Crippen LogP contribution is 2.45. The molecule has 2 aliphatic carbocycles. The third-order valence-electron chi connectivity index (χ3n) is 7.56. The zero-order valence-electron chi connectivity index (χ0n) is 21.2. The normalized spacial score (nSPS) is 20.0. The highest BCUT2D eigenvalue weighted by atomic mass is 35.5. The lowest BCUT2D eigenvalue weighted by Crippen LogP contribution is -2.37. The third kappa shape index (κ3) is 6.62. The van der Waals surface area contributed by atoms with Crippen LogP contribution in [0.3, 0.4) is 0 Å². The first-order valence-electron chi connectivity index (χ1n) is 13.0. The van der Waals surface area contributed by atoms with Gasteiger partial charge in [0, 0.05) is 28.7 Å². The summed E-state index contributed by atoms with van der Waals surface area (Å²) in [5, 5.41) is 0.751. The number of sulfonamides is 1. The predicted octanol–water partition coefficient (Wildman–Crippen LogP) is 5.17. The summed E-state index contributed by atoms with van der Waals surface area (Å²) in [7, 11) is -3.79. The largest absolute Gasteiger partial charge is 0.493 e. The Balaban J connectivity index is 1.19. The van der Waals surface area contributed by atoms with Gasteiger partial charge in [-0.2, -0.15) is 0 Å². The molecule has 1 amide bonds. The maximum Gasteiger partial charge on any atom is 0.267 e. The van der Waals surface area contributed by atoms with E-state index in [4.69, 9.17) is 21.3 Å². The quantitative estimate of drug-likeness (QED) is 0.464. The lowest BCUT2D eigenvalue weighted by Gasteiger charge is -2.36. The monoisotopic (exact) mass is 549 g/mol. The van der Waals surface area contributed by atoms with Crippen molar-refractivity contribution in [2.75, 3.05) is 26.0 Å². The van der Waals surface area contributed by atoms with E-state index in [9.17, 15) is 17.6 Å². The van der Waals surface area contributed by atoms with Gasteiger partial charge in [0.25, 0.3) is 5.91 Å². The molecule has 3 aliphatic rings. The van der Waals surface area contributed by atoms with Crippen LogP contribution in [0.2, 0.25) is 5.02 Å². The minimum absolute atomic E-state index is 0.180. The van der Waals surface area contributed by atoms with Crippen molar-refractivity contribution in [2.45, 2.75) is 63.3 Å². The Kier molecular flexibility index (Phi) is 7.49. The minimum Gasteiger partial charge on any atom is -0.493 e. The molecule has 1 unspecified atom stereocenters. The number of hydrogen-bond donors (Lipinski definition) is 1. The minimum atomic E-state index is -3.79. The number of pyridine rings is 1. The van der Waals surface area contributed by atoms with Crippen LogP contribution in [0, 0.1) is 11.7 Å². The van der Waals surface area contributed by atoms with Gasteiger partial charge in [-0.25, -0.2) is 17.5 Å². The number of carbonyl (C=O) groups excluding carboxylic acids is 1. The van der Waals surface area contributed by atoms with E-state index in [-0.39, 0.29) is 17.5 Å². The summed E-state index contributed by atoms with van der Waals surface area (Å²) in [6.07, 6.45) is 7.03. The molecule has 0 spiro atoms. The Bertz CT molecular complexity index is 1290. The Morgan fingerprint density at radius 3 is 2.43 bits per heavy atom. The number of nitrogens with one attached hydrogen (secondary N) is 1. The number of likely N-dealkylation sites (tertiary alicyclic amines) is 1. The third-order valence-corrected chi connectivity index (χ3v) is 8.34. The Morgan fingerprint density at radius 1 is 1.14 bits per heavy atom. The van der Waals surface area contributed by atoms with Gasteiger partial charge >= 0.3 is 0 Å². The molecule has 5 rings (SSSR count). The second-order valence-electron chi connectivity index (χ2n) is 10.7. The average molecular weight is 550 g/mol. The fourth-order valence-corrected chi connectivity index (χ4v) is 5.72. The zero-order valence-corrected chi connectivity index (χ0v) is 22.7. The number of amides is 1. The average Bonchev–Trinajstić information content (AvgIpc) is 3.74. The predicted molar refractivity (Wildman–Crippen MR) is 140 cm³/mol. The summed E-state index contributed by atoms with van der Waals surface area (Å²) in [6, 6.07) is 6.81. The molecule has 1 atom stereocenters. The van der Waals surface area contributed by atoms with Crippen molar-refractivity contribution in [1.82, 2.24) is 14.6 Å². The molecule has 1 N–H and O–H groups in total. The van der Waals surface area contributed by atoms with Crippen LogP contribution in [0.15, 0.2) is 24.3 Å². The maximum atomic E-state index is 14.8. The summed E-state index contributed by atoms with van der Waals surface area (Å²) >= 11 is 6.38. The molecule has 0 bridgehead atoms. The molecule has 1 aromatic heterocycles. The second kappa shape index (κ2) is 10.5. The van der Waals surface area contributed by atoms with E-state index in [1.807, 2.05) is 16.9 Å². The van der Waals surface area contributed by atoms with Crippen molar-refractivity contribution in [3.63, 3.8) is 0 Å². The number of nitrogens with zero attached hydrogens (tertiary/aromatic N) is 2. The number of aromatic nitrogens is 1. The molecule has 37 heavy (non-hydrogen) atoms. The Hall–Kier alpha value is -2.23. The molecule has 1 aromatic carbocycles. The SMILES string of the molecule is CC(c1cc(Cl)cc(C2CC2)n1)N1CCC(COc2cc(F)c(C(=O)NS(C)(=O)=O)cc2C2CC2)CC1. The molecular formula is C27H33ClFN3O4S. The summed E-state index contributed by atoms with van der Waals surface area (Å²) in [6.45, 7) is 4.48. The molecular weight excluding hydrogens is 517 g/mol. The lowest BCUT2D eigenvalue weighted by molar-refractivity contribution is 0.0977. The van der Waals surface area contributed by atoms with Crippen molar-refractivity contribution in [3.8, 4) is 5.75 Å². The first-order valence-corrected chi connectivity index (χ1v) is 15.2. The molecule has 0 radical (unpaired) electrons. The van der Waals surface area contributed by atoms with Gasteiger partial charge in [0.15, 0.2) is 0 Å². The van der Waals surface area contributed by atoms with E-state index in [2.05, 4.69) is 11.8 Å². The van der Waals surface area contributed by atoms with Gasteiger partial charge in [-0.15, -0.1) is 0 Å². The number of hydrogen-bond acceptors (Lipinski definition) is 6. The number of halogens is 2. The van der Waals surface area contributed by atoms with Gasteiger partial charge in [0.2, 0.25) is 10.0 Å². The molecule has 1 aliphatic heterocycles. The van der Waals surface area contributed by atoms with Crippen molar-refractivity contribution < 1.29 is 22.3 Å². The number of carbonyl (C=O) groups is 1. The van der Waals surface area contributed by atoms with Crippen molar-refractivity contribution in [1.29, 1.82) is 0 Å². The zero-order chi connectivity index (χ0) is 26.3. The van der Waals surface area contributed by atoms with E-state index in [0.717, 1.165) is 67.0 Å². The second-order valence-corrected chi connectivity index (χ2v) is 12.9. The molecule has 2 heterocycles. The molecule has 1 saturated heterocycles. The van der Waals surface area contributed by atoms with Gasteiger partial charge in [0.1, 0.15) is 11.6 Å². The molecule has 200 valence electrons. The van der Waals surface area contributed by atoms with Crippen LogP contribution >= 0.6 is 11.6 Å². The van der Waals surface area contributed by atoms with Crippen LogP contribution in [0.1, 0.15) is 90.6 Å². The van der Waals surface area contributed by atoms with Gasteiger partial charge in [0.05, 0.1) is 24.1 Å². The fraction of sp³-hybridized carbons (Fsp3) is 0.556. The van der Waals surface area contributed by atoms with Crippen molar-refractivity contribution in [2.24, 2.45) is 5.92 Å². The van der Waals surface area contributed by atoms with Gasteiger partial charge in [-0.1, -0.05) is 11.6 Å². The summed E-state index contributed by atoms with van der Waals surface area (Å²) < 4.78 is 45.5. The first kappa shape index (κ1) is 26.4. The standard InChI is InChI=1S/C27H33ClFN3O4S/c1-16(24-11-20(28)12-25(30-24)19-5-6-19)32-9-7-17(8-10-32)15-36-26-14-23(29)22(13-21(26)18-3-4-18)27(33)31-37(2,34)35/h11-14,16-19H,3-10,15H2,1-2H3,(H,31,33). The van der Waals surface area contributed by atoms with Crippen LogP contribution in [-0.2, 0) is 10.0 Å². The van der Waals surface area contributed by atoms with E-state index in [1.54, 1.807) is 0 Å². The molecule has 3 fully saturated rings. The molecule has 2 saturated carbocycles. The number of piperidine rings is 1. The molecule has 2 aromatic rings. The van der Waals surface area contributed by atoms with Crippen LogP contribution in [0.25, 0.3) is 0 Å². The Labute approximate surface area is 222 Å². The maximum absolute atomic E-state index is 14.8. The lowest BCUT2D eigenvalue weighted by atomic mass is 9.96. The van der Waals surface area contributed by atoms with Crippen LogP contribution in [0.5, 0.6) is 5.75 Å². The van der Waals surface area contributed by atoms with Gasteiger partial charge in [-0.3, -0.25) is 14.7 Å². The molecule has 7 nitrogen and oxygen atoms in total. The van der Waals surface area contributed by atoms with Crippen LogP contribution < -0.4 is 9.46 Å². The molecule has 10 heteroatoms. The van der Waals surface area contributed by atoms with E-state index in [0.29, 0.717) is 24.2 Å². The fourth-order valence-electron chi connectivity index (χ4n) is 5.05. The summed E-state index contributed by atoms with van der Waals surface area (Å²) in [5.74, 6) is -0.212. The topological polar surface area (TPSA) is 88.6 Å². The van der Waals surface area contributed by atoms with Crippen LogP contribution in [-0.4, -0.2) is 50.2 Å². The van der Waals surface area contributed by atoms with E-state index >= 15 is 0 Å². The first-order chi connectivity index (χ1) is 17.6. The van der Waals surface area contributed by atoms with Crippen LogP contribution in [0.4, 0.5) is 4.39 Å². The number of ether oxygens (including phenoxy) is 1. The number of benzene rings is 1. The van der Waals surface area contributed by atoms with Gasteiger partial charge in [-0.05, 0) is 94.1 Å². The summed E-state index contributed by atoms with van der Waals surface area (Å²) in [4.78, 5) is 19.6. The van der Waals surface area contributed by atoms with Crippen molar-refractivity contribution >= 4 is 27.5 Å². The Morgan fingerprint density at radius 2 is 1.81 bits per heavy atom. The van der Waals surface area contributed by atoms with Gasteiger partial charge < -0.3 is 4.74 Å². The highest BCUT2D eigenvalue weighted by Gasteiger charge is 2.31.